The molecule has 7 nitrogen and oxygen atoms in total. The summed E-state index contributed by atoms with van der Waals surface area (Å²) < 4.78 is 30.9. The molecule has 2 rings (SSSR count). The molecular weight excluding hydrogens is 457 g/mol. The van der Waals surface area contributed by atoms with Gasteiger partial charge >= 0.3 is 0 Å². The smallest absolute Gasteiger partial charge is 0.165 e. The van der Waals surface area contributed by atoms with E-state index in [-0.39, 0.29) is 33.0 Å². The van der Waals surface area contributed by atoms with Gasteiger partial charge in [0.2, 0.25) is 0 Å². The fourth-order valence-corrected chi connectivity index (χ4v) is 3.58. The van der Waals surface area contributed by atoms with Crippen LogP contribution in [0.4, 0.5) is 4.39 Å². The lowest BCUT2D eigenvalue weighted by Gasteiger charge is -2.17. The van der Waals surface area contributed by atoms with E-state index in [4.69, 9.17) is 42.4 Å². The molecule has 2 aromatic rings. The highest BCUT2D eigenvalue weighted by Crippen LogP contribution is 2.33. The number of hydrogen-bond donors (Lipinski definition) is 4. The predicted octanol–water partition coefficient (Wildman–Crippen LogP) is 4.45. The first kappa shape index (κ1) is 25.9. The van der Waals surface area contributed by atoms with Crippen molar-refractivity contribution in [1.29, 1.82) is 10.8 Å². The Morgan fingerprint density at radius 1 is 1.06 bits per heavy atom. The summed E-state index contributed by atoms with van der Waals surface area (Å²) in [4.78, 5) is 0. The van der Waals surface area contributed by atoms with Gasteiger partial charge in [-0.05, 0) is 45.0 Å². The molecule has 0 aliphatic heterocycles. The SMILES string of the molecule is CCOc1ccc(C(=N)SC(=N)c2cc(F)c(OCC(N)C(C)O)cc2Cl)cc1OCC. The summed E-state index contributed by atoms with van der Waals surface area (Å²) in [7, 11) is 0. The first-order valence-corrected chi connectivity index (χ1v) is 11.2. The second kappa shape index (κ2) is 12.1. The molecule has 32 heavy (non-hydrogen) atoms. The van der Waals surface area contributed by atoms with Crippen LogP contribution in [0.1, 0.15) is 31.9 Å². The molecule has 0 aromatic heterocycles. The Balaban J connectivity index is 2.15. The Morgan fingerprint density at radius 3 is 2.34 bits per heavy atom. The van der Waals surface area contributed by atoms with Crippen LogP contribution < -0.4 is 19.9 Å². The van der Waals surface area contributed by atoms with Gasteiger partial charge in [-0.15, -0.1) is 0 Å². The van der Waals surface area contributed by atoms with Gasteiger partial charge in [0.15, 0.2) is 23.1 Å². The molecule has 0 radical (unpaired) electrons. The summed E-state index contributed by atoms with van der Waals surface area (Å²) in [6, 6.07) is 6.72. The van der Waals surface area contributed by atoms with Crippen molar-refractivity contribution >= 4 is 33.5 Å². The number of nitrogens with two attached hydrogens (primary N) is 1. The number of aliphatic hydroxyl groups is 1. The molecule has 0 aliphatic carbocycles. The van der Waals surface area contributed by atoms with Gasteiger partial charge in [-0.25, -0.2) is 4.39 Å². The van der Waals surface area contributed by atoms with Crippen molar-refractivity contribution in [3.05, 3.63) is 52.3 Å². The number of halogens is 2. The third-order valence-corrected chi connectivity index (χ3v) is 5.50. The Morgan fingerprint density at radius 2 is 1.72 bits per heavy atom. The zero-order valence-electron chi connectivity index (χ0n) is 18.1. The zero-order chi connectivity index (χ0) is 23.8. The number of benzene rings is 2. The standard InChI is InChI=1S/C22H27ClFN3O4S/c1-4-29-18-7-6-13(8-20(18)30-5-2)21(26)32-22(27)14-9-16(24)19(10-15(14)23)31-11-17(25)12(3)28/h6-10,12,17,26-28H,4-5,11,25H2,1-3H3. The van der Waals surface area contributed by atoms with Crippen LogP contribution in [0.3, 0.4) is 0 Å². The van der Waals surface area contributed by atoms with Crippen molar-refractivity contribution < 1.29 is 23.7 Å². The highest BCUT2D eigenvalue weighted by atomic mass is 35.5. The Kier molecular flexibility index (Phi) is 9.77. The van der Waals surface area contributed by atoms with Crippen molar-refractivity contribution in [1.82, 2.24) is 0 Å². The van der Waals surface area contributed by atoms with E-state index >= 15 is 0 Å². The van der Waals surface area contributed by atoms with Crippen molar-refractivity contribution in [2.24, 2.45) is 5.73 Å². The number of aliphatic hydroxyl groups excluding tert-OH is 1. The van der Waals surface area contributed by atoms with E-state index in [2.05, 4.69) is 0 Å². The number of rotatable bonds is 10. The van der Waals surface area contributed by atoms with E-state index in [0.29, 0.717) is 30.3 Å². The maximum atomic E-state index is 14.5. The second-order valence-electron chi connectivity index (χ2n) is 6.77. The molecule has 0 aliphatic rings. The average Bonchev–Trinajstić information content (AvgIpc) is 2.75. The van der Waals surface area contributed by atoms with Gasteiger partial charge in [-0.2, -0.15) is 0 Å². The zero-order valence-corrected chi connectivity index (χ0v) is 19.6. The quantitative estimate of drug-likeness (QED) is 0.292. The highest BCUT2D eigenvalue weighted by molar-refractivity contribution is 8.27. The Hall–Kier alpha value is -2.33. The van der Waals surface area contributed by atoms with Crippen LogP contribution in [-0.4, -0.2) is 47.2 Å². The number of nitrogens with one attached hydrogen (secondary N) is 2. The molecule has 5 N–H and O–H groups in total. The van der Waals surface area contributed by atoms with Crippen LogP contribution in [0.15, 0.2) is 30.3 Å². The lowest BCUT2D eigenvalue weighted by Crippen LogP contribution is -2.38. The molecule has 0 saturated heterocycles. The summed E-state index contributed by atoms with van der Waals surface area (Å²) >= 11 is 7.07. The summed E-state index contributed by atoms with van der Waals surface area (Å²) in [5.41, 5.74) is 6.34. The van der Waals surface area contributed by atoms with Gasteiger partial charge in [0.05, 0.1) is 30.4 Å². The molecule has 0 fully saturated rings. The second-order valence-corrected chi connectivity index (χ2v) is 8.19. The minimum Gasteiger partial charge on any atom is -0.490 e. The number of thioether (sulfide) groups is 1. The minimum absolute atomic E-state index is 0.0682. The van der Waals surface area contributed by atoms with Gasteiger partial charge in [0, 0.05) is 17.2 Å². The fourth-order valence-electron chi connectivity index (χ4n) is 2.55. The normalized spacial score (nSPS) is 12.7. The molecule has 10 heteroatoms. The fraction of sp³-hybridized carbons (Fsp3) is 0.364. The van der Waals surface area contributed by atoms with E-state index in [1.54, 1.807) is 18.2 Å². The van der Waals surface area contributed by atoms with Crippen LogP contribution in [0.5, 0.6) is 17.2 Å². The van der Waals surface area contributed by atoms with E-state index in [0.717, 1.165) is 17.8 Å². The molecule has 2 atom stereocenters. The van der Waals surface area contributed by atoms with Crippen LogP contribution in [0.2, 0.25) is 5.02 Å². The molecule has 0 amide bonds. The van der Waals surface area contributed by atoms with Crippen molar-refractivity contribution in [3.63, 3.8) is 0 Å². The van der Waals surface area contributed by atoms with E-state index < -0.39 is 18.0 Å². The molecule has 0 spiro atoms. The summed E-state index contributed by atoms with van der Waals surface area (Å²) in [6.07, 6.45) is -0.811. The molecule has 0 saturated carbocycles. The van der Waals surface area contributed by atoms with Gasteiger partial charge in [0.25, 0.3) is 0 Å². The summed E-state index contributed by atoms with van der Waals surface area (Å²) in [5.74, 6) is 0.223. The van der Waals surface area contributed by atoms with Crippen LogP contribution in [0.25, 0.3) is 0 Å². The van der Waals surface area contributed by atoms with Gasteiger partial charge in [0.1, 0.15) is 16.7 Å². The largest absolute Gasteiger partial charge is 0.490 e. The topological polar surface area (TPSA) is 122 Å². The van der Waals surface area contributed by atoms with E-state index in [1.165, 1.54) is 13.0 Å². The molecule has 2 unspecified atom stereocenters. The molecule has 174 valence electrons. The predicted molar refractivity (Wildman–Crippen MR) is 127 cm³/mol. The van der Waals surface area contributed by atoms with Crippen molar-refractivity contribution in [2.75, 3.05) is 19.8 Å². The lowest BCUT2D eigenvalue weighted by atomic mass is 10.2. The molecular formula is C22H27ClFN3O4S. The maximum Gasteiger partial charge on any atom is 0.165 e. The number of ether oxygens (including phenoxy) is 3. The average molecular weight is 484 g/mol. The van der Waals surface area contributed by atoms with Crippen molar-refractivity contribution in [2.45, 2.75) is 32.9 Å². The van der Waals surface area contributed by atoms with Crippen LogP contribution in [-0.2, 0) is 0 Å². The molecule has 2 aromatic carbocycles. The Labute approximate surface area is 196 Å². The third kappa shape index (κ3) is 6.83. The summed E-state index contributed by atoms with van der Waals surface area (Å²) in [5, 5.41) is 26.1. The van der Waals surface area contributed by atoms with E-state index in [9.17, 15) is 9.50 Å². The number of hydrogen-bond acceptors (Lipinski definition) is 8. The van der Waals surface area contributed by atoms with Gasteiger partial charge in [-0.3, -0.25) is 10.8 Å². The van der Waals surface area contributed by atoms with Gasteiger partial charge in [-0.1, -0.05) is 23.4 Å². The lowest BCUT2D eigenvalue weighted by molar-refractivity contribution is 0.129. The van der Waals surface area contributed by atoms with Crippen molar-refractivity contribution in [3.8, 4) is 17.2 Å². The highest BCUT2D eigenvalue weighted by Gasteiger charge is 2.18. The molecule has 0 bridgehead atoms. The first-order valence-electron chi connectivity index (χ1n) is 9.98. The van der Waals surface area contributed by atoms with Gasteiger partial charge < -0.3 is 25.1 Å². The monoisotopic (exact) mass is 483 g/mol. The van der Waals surface area contributed by atoms with E-state index in [1.807, 2.05) is 13.8 Å². The third-order valence-electron chi connectivity index (χ3n) is 4.33. The summed E-state index contributed by atoms with van der Waals surface area (Å²) in [6.45, 7) is 6.04. The van der Waals surface area contributed by atoms with Crippen LogP contribution in [0, 0.1) is 16.6 Å². The maximum absolute atomic E-state index is 14.5. The minimum atomic E-state index is -0.811. The first-order chi connectivity index (χ1) is 15.2. The van der Waals surface area contributed by atoms with Crippen LogP contribution >= 0.6 is 23.4 Å². The Bertz CT molecular complexity index is 974. The molecule has 0 heterocycles.